The van der Waals surface area contributed by atoms with Gasteiger partial charge in [0, 0.05) is 6.20 Å². The van der Waals surface area contributed by atoms with Gasteiger partial charge in [-0.25, -0.2) is 4.79 Å². The van der Waals surface area contributed by atoms with Crippen molar-refractivity contribution in [1.82, 2.24) is 4.98 Å². The number of aromatic carboxylic acids is 1. The van der Waals surface area contributed by atoms with Crippen molar-refractivity contribution in [2.45, 2.75) is 13.0 Å². The lowest BCUT2D eigenvalue weighted by atomic mass is 10.2. The molecule has 0 aliphatic heterocycles. The zero-order valence-electron chi connectivity index (χ0n) is 6.03. The van der Waals surface area contributed by atoms with Crippen LogP contribution < -0.4 is 0 Å². The van der Waals surface area contributed by atoms with Crippen LogP contribution in [0.3, 0.4) is 0 Å². The van der Waals surface area contributed by atoms with E-state index in [1.807, 2.05) is 0 Å². The molecule has 0 aliphatic rings. The van der Waals surface area contributed by atoms with Gasteiger partial charge in [-0.05, 0) is 18.6 Å². The molecular weight excluding hydrogens is 146 g/mol. The zero-order chi connectivity index (χ0) is 8.43. The Bertz CT molecular complexity index is 264. The summed E-state index contributed by atoms with van der Waals surface area (Å²) < 4.78 is 0. The lowest BCUT2D eigenvalue weighted by Crippen LogP contribution is -1.95. The summed E-state index contributed by atoms with van der Waals surface area (Å²) >= 11 is 0. The van der Waals surface area contributed by atoms with Crippen LogP contribution in [0.1, 0.15) is 29.1 Å². The summed E-state index contributed by atoms with van der Waals surface area (Å²) in [5, 5.41) is 17.5. The molecule has 0 amide bonds. The molecule has 0 fully saturated rings. The maximum Gasteiger partial charge on any atom is 0.352 e. The molecule has 0 saturated heterocycles. The minimum absolute atomic E-state index is 0.0981. The predicted molar refractivity (Wildman–Crippen MR) is 38.4 cm³/mol. The van der Waals surface area contributed by atoms with E-state index in [0.29, 0.717) is 5.56 Å². The molecule has 0 aliphatic carbocycles. The first-order valence-electron chi connectivity index (χ1n) is 3.21. The molecule has 0 bridgehead atoms. The molecule has 11 heavy (non-hydrogen) atoms. The summed E-state index contributed by atoms with van der Waals surface area (Å²) in [5.41, 5.74) is 0.684. The van der Waals surface area contributed by atoms with Crippen LogP contribution in [0, 0.1) is 0 Å². The third-order valence-corrected chi connectivity index (χ3v) is 1.42. The fourth-order valence-corrected chi connectivity index (χ4v) is 0.776. The van der Waals surface area contributed by atoms with E-state index in [0.717, 1.165) is 0 Å². The highest BCUT2D eigenvalue weighted by atomic mass is 16.4. The molecule has 0 unspecified atom stereocenters. The van der Waals surface area contributed by atoms with Gasteiger partial charge in [0.25, 0.3) is 0 Å². The number of aliphatic hydroxyl groups excluding tert-OH is 1. The minimum Gasteiger partial charge on any atom is -0.477 e. The van der Waals surface area contributed by atoms with Crippen molar-refractivity contribution in [3.63, 3.8) is 0 Å². The third kappa shape index (κ3) is 1.59. The Balaban J connectivity index is 2.90. The molecule has 60 valence electrons. The lowest BCUT2D eigenvalue weighted by molar-refractivity contribution is 0.0691. The second-order valence-electron chi connectivity index (χ2n) is 2.33. The maximum absolute atomic E-state index is 10.3. The number of aromatic amines is 1. The topological polar surface area (TPSA) is 73.3 Å². The minimum atomic E-state index is -1.02. The van der Waals surface area contributed by atoms with Gasteiger partial charge in [0.1, 0.15) is 5.69 Å². The highest BCUT2D eigenvalue weighted by Crippen LogP contribution is 2.12. The molecule has 4 heteroatoms. The van der Waals surface area contributed by atoms with E-state index in [1.54, 1.807) is 6.92 Å². The van der Waals surface area contributed by atoms with Gasteiger partial charge in [-0.2, -0.15) is 0 Å². The largest absolute Gasteiger partial charge is 0.477 e. The smallest absolute Gasteiger partial charge is 0.352 e. The molecule has 0 aromatic carbocycles. The molecule has 1 heterocycles. The van der Waals surface area contributed by atoms with Crippen molar-refractivity contribution < 1.29 is 15.0 Å². The zero-order valence-corrected chi connectivity index (χ0v) is 6.03. The van der Waals surface area contributed by atoms with Crippen LogP contribution in [-0.4, -0.2) is 21.2 Å². The number of aromatic nitrogens is 1. The number of carboxylic acid groups (broad SMARTS) is 1. The number of aliphatic hydroxyl groups is 1. The van der Waals surface area contributed by atoms with Crippen molar-refractivity contribution >= 4 is 5.97 Å². The Morgan fingerprint density at radius 2 is 2.36 bits per heavy atom. The van der Waals surface area contributed by atoms with Crippen LogP contribution in [0.15, 0.2) is 12.3 Å². The molecule has 0 saturated carbocycles. The second kappa shape index (κ2) is 2.75. The highest BCUT2D eigenvalue weighted by molar-refractivity contribution is 5.85. The molecule has 3 N–H and O–H groups in total. The summed E-state index contributed by atoms with van der Waals surface area (Å²) in [4.78, 5) is 12.9. The van der Waals surface area contributed by atoms with Gasteiger partial charge in [0.15, 0.2) is 0 Å². The van der Waals surface area contributed by atoms with Gasteiger partial charge in [-0.3, -0.25) is 0 Å². The second-order valence-corrected chi connectivity index (χ2v) is 2.33. The van der Waals surface area contributed by atoms with Gasteiger partial charge < -0.3 is 15.2 Å². The highest BCUT2D eigenvalue weighted by Gasteiger charge is 2.08. The maximum atomic E-state index is 10.3. The quantitative estimate of drug-likeness (QED) is 0.590. The molecule has 1 aromatic heterocycles. The molecule has 0 spiro atoms. The van der Waals surface area contributed by atoms with Gasteiger partial charge in [0.05, 0.1) is 6.10 Å². The van der Waals surface area contributed by atoms with Crippen molar-refractivity contribution in [2.24, 2.45) is 0 Å². The van der Waals surface area contributed by atoms with Crippen molar-refractivity contribution in [3.8, 4) is 0 Å². The molecule has 1 aromatic rings. The van der Waals surface area contributed by atoms with Gasteiger partial charge in [-0.1, -0.05) is 0 Å². The molecule has 1 rings (SSSR count). The van der Waals surface area contributed by atoms with Gasteiger partial charge >= 0.3 is 5.97 Å². The normalized spacial score (nSPS) is 12.9. The van der Waals surface area contributed by atoms with Gasteiger partial charge in [-0.15, -0.1) is 0 Å². The first kappa shape index (κ1) is 7.81. The molecule has 0 radical (unpaired) electrons. The Labute approximate surface area is 63.5 Å². The van der Waals surface area contributed by atoms with E-state index in [9.17, 15) is 4.79 Å². The monoisotopic (exact) mass is 155 g/mol. The number of H-pyrrole nitrogens is 1. The van der Waals surface area contributed by atoms with E-state index >= 15 is 0 Å². The Kier molecular flexibility index (Phi) is 1.96. The van der Waals surface area contributed by atoms with Crippen molar-refractivity contribution in [1.29, 1.82) is 0 Å². The summed E-state index contributed by atoms with van der Waals surface area (Å²) in [7, 11) is 0. The SMILES string of the molecule is C[C@H](O)c1c[nH]c(C(=O)O)c1. The number of carbonyl (C=O) groups is 1. The van der Waals surface area contributed by atoms with Crippen LogP contribution in [0.4, 0.5) is 0 Å². The Morgan fingerprint density at radius 1 is 1.73 bits per heavy atom. The van der Waals surface area contributed by atoms with E-state index in [2.05, 4.69) is 4.98 Å². The lowest BCUT2D eigenvalue weighted by Gasteiger charge is -1.95. The molecule has 1 atom stereocenters. The first-order chi connectivity index (χ1) is 5.11. The first-order valence-corrected chi connectivity index (χ1v) is 3.21. The van der Waals surface area contributed by atoms with E-state index in [1.165, 1.54) is 12.3 Å². The van der Waals surface area contributed by atoms with Crippen LogP contribution in [0.2, 0.25) is 0 Å². The fourth-order valence-electron chi connectivity index (χ4n) is 0.776. The molecule has 4 nitrogen and oxygen atoms in total. The van der Waals surface area contributed by atoms with Crippen molar-refractivity contribution in [3.05, 3.63) is 23.5 Å². The third-order valence-electron chi connectivity index (χ3n) is 1.42. The number of hydrogen-bond donors (Lipinski definition) is 3. The van der Waals surface area contributed by atoms with Crippen LogP contribution in [0.5, 0.6) is 0 Å². The predicted octanol–water partition coefficient (Wildman–Crippen LogP) is 0.766. The number of nitrogens with one attached hydrogen (secondary N) is 1. The van der Waals surface area contributed by atoms with E-state index in [-0.39, 0.29) is 5.69 Å². The molecular formula is C7H9NO3. The summed E-state index contributed by atoms with van der Waals surface area (Å²) in [5.74, 6) is -1.02. The summed E-state index contributed by atoms with van der Waals surface area (Å²) in [6.45, 7) is 1.58. The Hall–Kier alpha value is -1.29. The average Bonchev–Trinajstić information content (AvgIpc) is 2.33. The summed E-state index contributed by atoms with van der Waals surface area (Å²) in [6.07, 6.45) is 0.855. The van der Waals surface area contributed by atoms with Crippen molar-refractivity contribution in [2.75, 3.05) is 0 Å². The fraction of sp³-hybridized carbons (Fsp3) is 0.286. The van der Waals surface area contributed by atoms with Crippen LogP contribution in [0.25, 0.3) is 0 Å². The van der Waals surface area contributed by atoms with Gasteiger partial charge in [0.2, 0.25) is 0 Å². The van der Waals surface area contributed by atoms with E-state index < -0.39 is 12.1 Å². The number of carboxylic acids is 1. The average molecular weight is 155 g/mol. The Morgan fingerprint density at radius 3 is 2.64 bits per heavy atom. The van der Waals surface area contributed by atoms with E-state index in [4.69, 9.17) is 10.2 Å². The van der Waals surface area contributed by atoms with Crippen LogP contribution >= 0.6 is 0 Å². The van der Waals surface area contributed by atoms with Crippen LogP contribution in [-0.2, 0) is 0 Å². The number of rotatable bonds is 2. The summed E-state index contributed by atoms with van der Waals surface area (Å²) in [6, 6.07) is 1.41. The standard InChI is InChI=1S/C7H9NO3/c1-4(9)5-2-6(7(10)11)8-3-5/h2-4,8-9H,1H3,(H,10,11)/t4-/m0/s1. The number of hydrogen-bond acceptors (Lipinski definition) is 2.